The van der Waals surface area contributed by atoms with Crippen LogP contribution in [-0.4, -0.2) is 31.3 Å². The third kappa shape index (κ3) is 3.93. The smallest absolute Gasteiger partial charge is 0.315 e. The number of anilines is 1. The summed E-state index contributed by atoms with van der Waals surface area (Å²) in [4.78, 5) is 26.1. The highest BCUT2D eigenvalue weighted by Crippen LogP contribution is 2.32. The molecule has 0 radical (unpaired) electrons. The standard InChI is InChI=1S/C19H18ClN3O4/c20-13-2-4-15(5-3-13)23-10-14(8-18(23)24)22-19(25)21-9-12-1-6-16-17(7-12)27-11-26-16/h1-7,14H,8-11H2,(H2,21,22,25). The highest BCUT2D eigenvalue weighted by molar-refractivity contribution is 6.30. The number of benzene rings is 2. The number of hydrogen-bond donors (Lipinski definition) is 2. The minimum Gasteiger partial charge on any atom is -0.454 e. The molecule has 2 aromatic rings. The fourth-order valence-corrected chi connectivity index (χ4v) is 3.27. The Morgan fingerprint density at radius 1 is 1.15 bits per heavy atom. The second-order valence-electron chi connectivity index (χ2n) is 6.40. The van der Waals surface area contributed by atoms with E-state index in [2.05, 4.69) is 10.6 Å². The molecule has 1 atom stereocenters. The summed E-state index contributed by atoms with van der Waals surface area (Å²) in [5.41, 5.74) is 1.68. The minimum absolute atomic E-state index is 0.0293. The number of nitrogens with zero attached hydrogens (tertiary/aromatic N) is 1. The zero-order valence-electron chi connectivity index (χ0n) is 14.4. The van der Waals surface area contributed by atoms with Gasteiger partial charge in [0.05, 0.1) is 6.04 Å². The zero-order valence-corrected chi connectivity index (χ0v) is 15.2. The summed E-state index contributed by atoms with van der Waals surface area (Å²) in [6, 6.07) is 12.0. The average molecular weight is 388 g/mol. The van der Waals surface area contributed by atoms with Crippen LogP contribution in [0.4, 0.5) is 10.5 Å². The van der Waals surface area contributed by atoms with E-state index < -0.39 is 0 Å². The van der Waals surface area contributed by atoms with Gasteiger partial charge in [0.15, 0.2) is 11.5 Å². The van der Waals surface area contributed by atoms with Crippen molar-refractivity contribution >= 4 is 29.2 Å². The molecule has 0 spiro atoms. The molecule has 140 valence electrons. The van der Waals surface area contributed by atoms with E-state index in [9.17, 15) is 9.59 Å². The first-order valence-electron chi connectivity index (χ1n) is 8.57. The number of nitrogens with one attached hydrogen (secondary N) is 2. The van der Waals surface area contributed by atoms with Crippen molar-refractivity contribution < 1.29 is 19.1 Å². The van der Waals surface area contributed by atoms with Crippen molar-refractivity contribution in [2.24, 2.45) is 0 Å². The predicted octanol–water partition coefficient (Wildman–Crippen LogP) is 2.67. The summed E-state index contributed by atoms with van der Waals surface area (Å²) in [5, 5.41) is 6.26. The Morgan fingerprint density at radius 3 is 2.74 bits per heavy atom. The van der Waals surface area contributed by atoms with Crippen molar-refractivity contribution in [1.29, 1.82) is 0 Å². The lowest BCUT2D eigenvalue weighted by Gasteiger charge is -2.17. The van der Waals surface area contributed by atoms with Crippen LogP contribution >= 0.6 is 11.6 Å². The molecule has 2 heterocycles. The third-order valence-electron chi connectivity index (χ3n) is 4.49. The molecule has 0 bridgehead atoms. The van der Waals surface area contributed by atoms with Gasteiger partial charge in [-0.25, -0.2) is 4.79 Å². The summed E-state index contributed by atoms with van der Waals surface area (Å²) >= 11 is 5.89. The number of amides is 3. The molecule has 1 unspecified atom stereocenters. The minimum atomic E-state index is -0.316. The number of rotatable bonds is 4. The molecule has 0 aromatic heterocycles. The van der Waals surface area contributed by atoms with E-state index in [1.165, 1.54) is 0 Å². The van der Waals surface area contributed by atoms with E-state index in [0.717, 1.165) is 11.3 Å². The lowest BCUT2D eigenvalue weighted by atomic mass is 10.2. The van der Waals surface area contributed by atoms with Gasteiger partial charge in [-0.05, 0) is 42.0 Å². The van der Waals surface area contributed by atoms with Gasteiger partial charge in [0.25, 0.3) is 0 Å². The molecule has 2 aromatic carbocycles. The van der Waals surface area contributed by atoms with Crippen LogP contribution in [0.1, 0.15) is 12.0 Å². The maximum atomic E-state index is 12.2. The number of halogens is 1. The van der Waals surface area contributed by atoms with Gasteiger partial charge in [0.2, 0.25) is 12.7 Å². The average Bonchev–Trinajstić information content (AvgIpc) is 3.26. The van der Waals surface area contributed by atoms with Crippen molar-refractivity contribution in [2.45, 2.75) is 19.0 Å². The molecular formula is C19H18ClN3O4. The molecule has 1 fully saturated rings. The van der Waals surface area contributed by atoms with Gasteiger partial charge >= 0.3 is 6.03 Å². The molecule has 0 saturated carbocycles. The van der Waals surface area contributed by atoms with Crippen LogP contribution in [-0.2, 0) is 11.3 Å². The first-order valence-corrected chi connectivity index (χ1v) is 8.95. The number of urea groups is 1. The summed E-state index contributed by atoms with van der Waals surface area (Å²) in [6.07, 6.45) is 0.264. The van der Waals surface area contributed by atoms with Crippen LogP contribution in [0.15, 0.2) is 42.5 Å². The summed E-state index contributed by atoms with van der Waals surface area (Å²) in [6.45, 7) is 0.995. The summed E-state index contributed by atoms with van der Waals surface area (Å²) < 4.78 is 10.6. The van der Waals surface area contributed by atoms with Gasteiger partial charge in [0, 0.05) is 30.2 Å². The Morgan fingerprint density at radius 2 is 1.93 bits per heavy atom. The molecule has 0 aliphatic carbocycles. The van der Waals surface area contributed by atoms with E-state index in [4.69, 9.17) is 21.1 Å². The Bertz CT molecular complexity index is 872. The molecule has 4 rings (SSSR count). The Labute approximate surface area is 161 Å². The predicted molar refractivity (Wildman–Crippen MR) is 100 cm³/mol. The van der Waals surface area contributed by atoms with E-state index >= 15 is 0 Å². The fraction of sp³-hybridized carbons (Fsp3) is 0.263. The lowest BCUT2D eigenvalue weighted by Crippen LogP contribution is -2.43. The Balaban J connectivity index is 1.29. The van der Waals surface area contributed by atoms with E-state index in [1.54, 1.807) is 29.2 Å². The Hall–Kier alpha value is -2.93. The number of carbonyl (C=O) groups is 2. The highest BCUT2D eigenvalue weighted by atomic mass is 35.5. The highest BCUT2D eigenvalue weighted by Gasteiger charge is 2.31. The second kappa shape index (κ2) is 7.36. The van der Waals surface area contributed by atoms with Gasteiger partial charge in [0.1, 0.15) is 0 Å². The molecule has 2 aliphatic heterocycles. The van der Waals surface area contributed by atoms with Crippen molar-refractivity contribution in [3.63, 3.8) is 0 Å². The first-order chi connectivity index (χ1) is 13.1. The number of hydrogen-bond acceptors (Lipinski definition) is 4. The van der Waals surface area contributed by atoms with Crippen molar-refractivity contribution in [3.8, 4) is 11.5 Å². The lowest BCUT2D eigenvalue weighted by molar-refractivity contribution is -0.117. The monoisotopic (exact) mass is 387 g/mol. The van der Waals surface area contributed by atoms with Crippen LogP contribution in [0.5, 0.6) is 11.5 Å². The molecule has 27 heavy (non-hydrogen) atoms. The normalized spacial score (nSPS) is 17.9. The molecule has 2 N–H and O–H groups in total. The molecule has 3 amide bonds. The van der Waals surface area contributed by atoms with Gasteiger partial charge in [-0.3, -0.25) is 4.79 Å². The van der Waals surface area contributed by atoms with E-state index in [1.807, 2.05) is 18.2 Å². The number of ether oxygens (including phenoxy) is 2. The maximum absolute atomic E-state index is 12.2. The molecule has 8 heteroatoms. The van der Waals surface area contributed by atoms with Crippen LogP contribution < -0.4 is 25.0 Å². The Kier molecular flexibility index (Phi) is 4.77. The van der Waals surface area contributed by atoms with Crippen molar-refractivity contribution in [1.82, 2.24) is 10.6 Å². The van der Waals surface area contributed by atoms with Gasteiger partial charge < -0.3 is 25.0 Å². The quantitative estimate of drug-likeness (QED) is 0.845. The fourth-order valence-electron chi connectivity index (χ4n) is 3.14. The summed E-state index contributed by atoms with van der Waals surface area (Å²) in [5.74, 6) is 1.35. The van der Waals surface area contributed by atoms with Gasteiger partial charge in [-0.2, -0.15) is 0 Å². The molecule has 7 nitrogen and oxygen atoms in total. The van der Waals surface area contributed by atoms with Crippen molar-refractivity contribution in [3.05, 3.63) is 53.1 Å². The number of fused-ring (bicyclic) bond motifs is 1. The molecular weight excluding hydrogens is 370 g/mol. The van der Waals surface area contributed by atoms with Crippen LogP contribution in [0, 0.1) is 0 Å². The summed E-state index contributed by atoms with van der Waals surface area (Å²) in [7, 11) is 0. The molecule has 1 saturated heterocycles. The van der Waals surface area contributed by atoms with E-state index in [0.29, 0.717) is 29.6 Å². The topological polar surface area (TPSA) is 79.9 Å². The molecule has 2 aliphatic rings. The van der Waals surface area contributed by atoms with Crippen LogP contribution in [0.25, 0.3) is 0 Å². The largest absolute Gasteiger partial charge is 0.454 e. The number of carbonyl (C=O) groups excluding carboxylic acids is 2. The van der Waals surface area contributed by atoms with E-state index in [-0.39, 0.29) is 31.2 Å². The SMILES string of the molecule is O=C(NCc1ccc2c(c1)OCO2)NC1CC(=O)N(c2ccc(Cl)cc2)C1. The first kappa shape index (κ1) is 17.5. The van der Waals surface area contributed by atoms with Gasteiger partial charge in [-0.15, -0.1) is 0 Å². The van der Waals surface area contributed by atoms with Gasteiger partial charge in [-0.1, -0.05) is 17.7 Å². The van der Waals surface area contributed by atoms with Crippen molar-refractivity contribution in [2.75, 3.05) is 18.2 Å². The second-order valence-corrected chi connectivity index (χ2v) is 6.83. The maximum Gasteiger partial charge on any atom is 0.315 e. The van der Waals surface area contributed by atoms with Crippen LogP contribution in [0.2, 0.25) is 5.02 Å². The van der Waals surface area contributed by atoms with Crippen LogP contribution in [0.3, 0.4) is 0 Å². The zero-order chi connectivity index (χ0) is 18.8. The third-order valence-corrected chi connectivity index (χ3v) is 4.74.